The molecule has 0 unspecified atom stereocenters. The Hall–Kier alpha value is -2.09. The van der Waals surface area contributed by atoms with Gasteiger partial charge in [-0.2, -0.15) is 0 Å². The lowest BCUT2D eigenvalue weighted by atomic mass is 10.2. The minimum atomic E-state index is -0.0241. The van der Waals surface area contributed by atoms with Crippen LogP contribution in [0.25, 0.3) is 10.2 Å². The monoisotopic (exact) mass is 429 g/mol. The standard InChI is InChI=1S/C22H27N3O2S2/c1-5-27-17-9-12-19-20(15-17)29-22(23-19)25(14-13-24(3)4)21(26)16-7-10-18(11-8-16)28-6-2/h7-12,15H,5-6,13-14H2,1-4H3. The van der Waals surface area contributed by atoms with Gasteiger partial charge in [-0.1, -0.05) is 18.3 Å². The van der Waals surface area contributed by atoms with Crippen molar-refractivity contribution in [2.75, 3.05) is 44.4 Å². The number of likely N-dealkylation sites (N-methyl/N-ethyl adjacent to an activating group) is 1. The number of hydrogen-bond donors (Lipinski definition) is 0. The zero-order chi connectivity index (χ0) is 20.8. The van der Waals surface area contributed by atoms with Gasteiger partial charge >= 0.3 is 0 Å². The van der Waals surface area contributed by atoms with E-state index in [1.165, 1.54) is 16.2 Å². The molecule has 0 atom stereocenters. The Balaban J connectivity index is 1.91. The second-order valence-electron chi connectivity index (χ2n) is 6.78. The minimum Gasteiger partial charge on any atom is -0.494 e. The molecule has 5 nitrogen and oxygen atoms in total. The molecule has 29 heavy (non-hydrogen) atoms. The zero-order valence-corrected chi connectivity index (χ0v) is 19.0. The van der Waals surface area contributed by atoms with Crippen LogP contribution in [0, 0.1) is 0 Å². The molecule has 0 saturated heterocycles. The quantitative estimate of drug-likeness (QED) is 0.447. The first kappa shape index (κ1) is 21.6. The normalized spacial score (nSPS) is 11.2. The van der Waals surface area contributed by atoms with E-state index in [9.17, 15) is 4.79 Å². The molecule has 0 aliphatic carbocycles. The Morgan fingerprint density at radius 1 is 1.10 bits per heavy atom. The molecule has 0 bridgehead atoms. The van der Waals surface area contributed by atoms with Crippen LogP contribution in [0.5, 0.6) is 5.75 Å². The third-order valence-corrected chi connectivity index (χ3v) is 6.25. The maximum atomic E-state index is 13.3. The molecule has 0 spiro atoms. The van der Waals surface area contributed by atoms with E-state index in [0.29, 0.717) is 23.8 Å². The first-order valence-electron chi connectivity index (χ1n) is 9.74. The molecule has 154 valence electrons. The average molecular weight is 430 g/mol. The molecule has 1 amide bonds. The summed E-state index contributed by atoms with van der Waals surface area (Å²) in [5, 5.41) is 0.715. The summed E-state index contributed by atoms with van der Waals surface area (Å²) >= 11 is 3.29. The molecule has 0 saturated carbocycles. The predicted molar refractivity (Wildman–Crippen MR) is 124 cm³/mol. The van der Waals surface area contributed by atoms with Crippen LogP contribution < -0.4 is 9.64 Å². The third-order valence-electron chi connectivity index (χ3n) is 4.32. The predicted octanol–water partition coefficient (Wildman–Crippen LogP) is 5.02. The third kappa shape index (κ3) is 5.50. The van der Waals surface area contributed by atoms with Gasteiger partial charge in [0.2, 0.25) is 0 Å². The summed E-state index contributed by atoms with van der Waals surface area (Å²) in [7, 11) is 4.01. The van der Waals surface area contributed by atoms with Crippen molar-refractivity contribution in [3.8, 4) is 5.75 Å². The Bertz CT molecular complexity index is 954. The second kappa shape index (κ2) is 10.1. The molecule has 3 aromatic rings. The van der Waals surface area contributed by atoms with Gasteiger partial charge < -0.3 is 9.64 Å². The molecule has 1 aromatic heterocycles. The van der Waals surface area contributed by atoms with E-state index < -0.39 is 0 Å². The highest BCUT2D eigenvalue weighted by Crippen LogP contribution is 2.32. The van der Waals surface area contributed by atoms with E-state index in [4.69, 9.17) is 9.72 Å². The van der Waals surface area contributed by atoms with Gasteiger partial charge in [0, 0.05) is 23.5 Å². The number of aromatic nitrogens is 1. The van der Waals surface area contributed by atoms with Crippen molar-refractivity contribution in [3.05, 3.63) is 48.0 Å². The Kier molecular flexibility index (Phi) is 7.52. The summed E-state index contributed by atoms with van der Waals surface area (Å²) < 4.78 is 6.62. The van der Waals surface area contributed by atoms with Crippen LogP contribution in [0.2, 0.25) is 0 Å². The van der Waals surface area contributed by atoms with Crippen LogP contribution in [0.3, 0.4) is 0 Å². The molecule has 0 N–H and O–H groups in total. The number of carbonyl (C=O) groups excluding carboxylic acids is 1. The minimum absolute atomic E-state index is 0.0241. The van der Waals surface area contributed by atoms with E-state index in [1.54, 1.807) is 16.7 Å². The summed E-state index contributed by atoms with van der Waals surface area (Å²) in [6.45, 7) is 6.05. The van der Waals surface area contributed by atoms with Crippen molar-refractivity contribution in [2.45, 2.75) is 18.7 Å². The first-order valence-corrected chi connectivity index (χ1v) is 11.5. The number of thiazole rings is 1. The van der Waals surface area contributed by atoms with Gasteiger partial charge in [-0.25, -0.2) is 4.98 Å². The fraction of sp³-hybridized carbons (Fsp3) is 0.364. The van der Waals surface area contributed by atoms with Crippen molar-refractivity contribution in [2.24, 2.45) is 0 Å². The lowest BCUT2D eigenvalue weighted by molar-refractivity contribution is 0.0985. The maximum absolute atomic E-state index is 13.3. The SMILES string of the molecule is CCOc1ccc2nc(N(CCN(C)C)C(=O)c3ccc(SCC)cc3)sc2c1. The van der Waals surface area contributed by atoms with Crippen molar-refractivity contribution >= 4 is 44.4 Å². The van der Waals surface area contributed by atoms with Crippen molar-refractivity contribution in [3.63, 3.8) is 0 Å². The van der Waals surface area contributed by atoms with Crippen LogP contribution in [0.4, 0.5) is 5.13 Å². The number of carbonyl (C=O) groups is 1. The van der Waals surface area contributed by atoms with Gasteiger partial charge in [-0.3, -0.25) is 9.69 Å². The van der Waals surface area contributed by atoms with Crippen LogP contribution >= 0.6 is 23.1 Å². The summed E-state index contributed by atoms with van der Waals surface area (Å²) in [6.07, 6.45) is 0. The van der Waals surface area contributed by atoms with Crippen LogP contribution in [-0.2, 0) is 0 Å². The summed E-state index contributed by atoms with van der Waals surface area (Å²) in [6, 6.07) is 13.7. The number of nitrogens with zero attached hydrogens (tertiary/aromatic N) is 3. The van der Waals surface area contributed by atoms with Crippen molar-refractivity contribution in [1.82, 2.24) is 9.88 Å². The molecule has 0 radical (unpaired) electrons. The van der Waals surface area contributed by atoms with E-state index in [0.717, 1.165) is 28.3 Å². The molecule has 0 fully saturated rings. The van der Waals surface area contributed by atoms with Gasteiger partial charge in [0.15, 0.2) is 5.13 Å². The fourth-order valence-electron chi connectivity index (χ4n) is 2.86. The molecule has 0 aliphatic heterocycles. The van der Waals surface area contributed by atoms with Crippen molar-refractivity contribution in [1.29, 1.82) is 0 Å². The number of amides is 1. The Morgan fingerprint density at radius 3 is 2.52 bits per heavy atom. The smallest absolute Gasteiger partial charge is 0.260 e. The Labute approximate surface area is 180 Å². The highest BCUT2D eigenvalue weighted by atomic mass is 32.2. The summed E-state index contributed by atoms with van der Waals surface area (Å²) in [5.41, 5.74) is 1.56. The number of hydrogen-bond acceptors (Lipinski definition) is 6. The van der Waals surface area contributed by atoms with Gasteiger partial charge in [-0.15, -0.1) is 11.8 Å². The molecular formula is C22H27N3O2S2. The molecule has 7 heteroatoms. The van der Waals surface area contributed by atoms with Gasteiger partial charge in [0.05, 0.1) is 16.8 Å². The number of fused-ring (bicyclic) bond motifs is 1. The van der Waals surface area contributed by atoms with Crippen molar-refractivity contribution < 1.29 is 9.53 Å². The highest BCUT2D eigenvalue weighted by Gasteiger charge is 2.21. The second-order valence-corrected chi connectivity index (χ2v) is 9.12. The van der Waals surface area contributed by atoms with E-state index in [2.05, 4.69) is 11.8 Å². The highest BCUT2D eigenvalue weighted by molar-refractivity contribution is 7.99. The van der Waals surface area contributed by atoms with E-state index in [1.807, 2.05) is 63.5 Å². The molecule has 3 rings (SSSR count). The molecule has 0 aliphatic rings. The van der Waals surface area contributed by atoms with E-state index in [-0.39, 0.29) is 5.91 Å². The van der Waals surface area contributed by atoms with E-state index >= 15 is 0 Å². The average Bonchev–Trinajstić information content (AvgIpc) is 3.12. The van der Waals surface area contributed by atoms with Crippen LogP contribution in [-0.4, -0.2) is 55.3 Å². The lowest BCUT2D eigenvalue weighted by Crippen LogP contribution is -2.36. The molecule has 2 aromatic carbocycles. The number of benzene rings is 2. The number of anilines is 1. The van der Waals surface area contributed by atoms with Crippen LogP contribution in [0.15, 0.2) is 47.4 Å². The molecule has 1 heterocycles. The number of rotatable bonds is 9. The summed E-state index contributed by atoms with van der Waals surface area (Å²) in [5.74, 6) is 1.81. The van der Waals surface area contributed by atoms with Crippen LogP contribution in [0.1, 0.15) is 24.2 Å². The zero-order valence-electron chi connectivity index (χ0n) is 17.3. The van der Waals surface area contributed by atoms with Gasteiger partial charge in [-0.05, 0) is 69.2 Å². The Morgan fingerprint density at radius 2 is 1.86 bits per heavy atom. The lowest BCUT2D eigenvalue weighted by Gasteiger charge is -2.22. The topological polar surface area (TPSA) is 45.7 Å². The van der Waals surface area contributed by atoms with Gasteiger partial charge in [0.1, 0.15) is 5.75 Å². The number of ether oxygens (including phenoxy) is 1. The maximum Gasteiger partial charge on any atom is 0.260 e. The number of thioether (sulfide) groups is 1. The van der Waals surface area contributed by atoms with Gasteiger partial charge in [0.25, 0.3) is 5.91 Å². The molecular weight excluding hydrogens is 402 g/mol. The summed E-state index contributed by atoms with van der Waals surface area (Å²) in [4.78, 5) is 23.1. The first-order chi connectivity index (χ1) is 14.0. The fourth-order valence-corrected chi connectivity index (χ4v) is 4.55. The largest absolute Gasteiger partial charge is 0.494 e.